The van der Waals surface area contributed by atoms with Gasteiger partial charge in [-0.25, -0.2) is 14.8 Å². The number of hydrogen-bond donors (Lipinski definition) is 1. The van der Waals surface area contributed by atoms with Crippen LogP contribution in [-0.4, -0.2) is 33.0 Å². The fourth-order valence-corrected chi connectivity index (χ4v) is 2.27. The number of anilines is 1. The lowest BCUT2D eigenvalue weighted by Crippen LogP contribution is -2.27. The highest BCUT2D eigenvalue weighted by Gasteiger charge is 2.13. The van der Waals surface area contributed by atoms with E-state index in [-0.39, 0.29) is 29.5 Å². The summed E-state index contributed by atoms with van der Waals surface area (Å²) < 4.78 is 5.99. The first kappa shape index (κ1) is 15.8. The molecule has 8 nitrogen and oxygen atoms in total. The highest BCUT2D eigenvalue weighted by Crippen LogP contribution is 2.16. The van der Waals surface area contributed by atoms with Crippen molar-refractivity contribution in [3.8, 4) is 0 Å². The summed E-state index contributed by atoms with van der Waals surface area (Å²) in [6.45, 7) is 3.46. The zero-order valence-corrected chi connectivity index (χ0v) is 12.8. The summed E-state index contributed by atoms with van der Waals surface area (Å²) in [5, 5.41) is 4.28. The van der Waals surface area contributed by atoms with Crippen LogP contribution in [0.25, 0.3) is 0 Å². The lowest BCUT2D eigenvalue weighted by Gasteiger charge is -2.04. The number of carbonyl (C=O) groups is 2. The van der Waals surface area contributed by atoms with E-state index in [2.05, 4.69) is 15.3 Å². The molecule has 0 saturated heterocycles. The van der Waals surface area contributed by atoms with Crippen molar-refractivity contribution in [1.82, 2.24) is 14.5 Å². The standard InChI is InChI=1S/C13H14N4O4S/c1-3-21-12(20)9-6-22-13(15-9)16-10(18)5-17-7-14-8(2)4-11(17)19/h4,6-7H,3,5H2,1-2H3,(H,15,16,18). The first-order valence-electron chi connectivity index (χ1n) is 6.45. The molecular weight excluding hydrogens is 308 g/mol. The molecule has 0 aromatic carbocycles. The molecule has 2 aromatic rings. The number of carbonyl (C=O) groups excluding carboxylic acids is 2. The lowest BCUT2D eigenvalue weighted by atomic mass is 10.4. The Morgan fingerprint density at radius 3 is 2.91 bits per heavy atom. The van der Waals surface area contributed by atoms with Crippen LogP contribution in [0, 0.1) is 6.92 Å². The molecule has 9 heteroatoms. The minimum absolute atomic E-state index is 0.135. The number of nitrogens with one attached hydrogen (secondary N) is 1. The van der Waals surface area contributed by atoms with Crippen molar-refractivity contribution in [2.24, 2.45) is 0 Å². The summed E-state index contributed by atoms with van der Waals surface area (Å²) in [7, 11) is 0. The van der Waals surface area contributed by atoms with E-state index in [4.69, 9.17) is 4.74 Å². The highest BCUT2D eigenvalue weighted by atomic mass is 32.1. The van der Waals surface area contributed by atoms with Crippen molar-refractivity contribution in [2.45, 2.75) is 20.4 Å². The number of aryl methyl sites for hydroxylation is 1. The number of amides is 1. The number of esters is 1. The molecule has 0 atom stereocenters. The van der Waals surface area contributed by atoms with Crippen LogP contribution in [0.5, 0.6) is 0 Å². The molecule has 116 valence electrons. The van der Waals surface area contributed by atoms with E-state index >= 15 is 0 Å². The molecule has 0 radical (unpaired) electrons. The van der Waals surface area contributed by atoms with Gasteiger partial charge in [0.15, 0.2) is 10.8 Å². The predicted molar refractivity (Wildman–Crippen MR) is 79.9 cm³/mol. The number of rotatable bonds is 5. The van der Waals surface area contributed by atoms with Gasteiger partial charge in [-0.05, 0) is 13.8 Å². The zero-order valence-electron chi connectivity index (χ0n) is 12.0. The van der Waals surface area contributed by atoms with Crippen LogP contribution in [0.1, 0.15) is 23.1 Å². The SMILES string of the molecule is CCOC(=O)c1csc(NC(=O)Cn2cnc(C)cc2=O)n1. The second kappa shape index (κ2) is 6.94. The third kappa shape index (κ3) is 3.98. The van der Waals surface area contributed by atoms with Crippen molar-refractivity contribution in [3.63, 3.8) is 0 Å². The summed E-state index contributed by atoms with van der Waals surface area (Å²) in [6, 6.07) is 1.34. The Morgan fingerprint density at radius 1 is 1.45 bits per heavy atom. The summed E-state index contributed by atoms with van der Waals surface area (Å²) in [6.07, 6.45) is 1.31. The van der Waals surface area contributed by atoms with Gasteiger partial charge < -0.3 is 10.1 Å². The summed E-state index contributed by atoms with van der Waals surface area (Å²) in [5.74, 6) is -0.976. The smallest absolute Gasteiger partial charge is 0.357 e. The molecule has 0 aliphatic heterocycles. The van der Waals surface area contributed by atoms with E-state index in [0.29, 0.717) is 5.69 Å². The van der Waals surface area contributed by atoms with Crippen LogP contribution in [0.3, 0.4) is 0 Å². The van der Waals surface area contributed by atoms with Crippen LogP contribution in [0.15, 0.2) is 22.6 Å². The summed E-state index contributed by atoms with van der Waals surface area (Å²) in [5.41, 5.74) is 0.408. The van der Waals surface area contributed by atoms with E-state index in [1.54, 1.807) is 13.8 Å². The van der Waals surface area contributed by atoms with E-state index in [0.717, 1.165) is 11.3 Å². The average Bonchev–Trinajstić information content (AvgIpc) is 2.91. The molecule has 1 amide bonds. The predicted octanol–water partition coefficient (Wildman–Crippen LogP) is 0.824. The molecule has 22 heavy (non-hydrogen) atoms. The van der Waals surface area contributed by atoms with Crippen LogP contribution >= 0.6 is 11.3 Å². The van der Waals surface area contributed by atoms with Gasteiger partial charge in [-0.15, -0.1) is 11.3 Å². The van der Waals surface area contributed by atoms with Gasteiger partial charge in [0.05, 0.1) is 12.9 Å². The van der Waals surface area contributed by atoms with Gasteiger partial charge in [-0.2, -0.15) is 0 Å². The van der Waals surface area contributed by atoms with Crippen LogP contribution in [-0.2, 0) is 16.1 Å². The summed E-state index contributed by atoms with van der Waals surface area (Å²) in [4.78, 5) is 42.9. The van der Waals surface area contributed by atoms with Crippen molar-refractivity contribution >= 4 is 28.3 Å². The third-order valence-corrected chi connectivity index (χ3v) is 3.32. The van der Waals surface area contributed by atoms with Crippen molar-refractivity contribution in [3.05, 3.63) is 39.5 Å². The van der Waals surface area contributed by atoms with E-state index in [1.165, 1.54) is 22.3 Å². The molecule has 0 fully saturated rings. The first-order valence-corrected chi connectivity index (χ1v) is 7.33. The maximum atomic E-state index is 11.9. The third-order valence-electron chi connectivity index (χ3n) is 2.57. The number of ether oxygens (including phenoxy) is 1. The number of aromatic nitrogens is 3. The number of nitrogens with zero attached hydrogens (tertiary/aromatic N) is 3. The van der Waals surface area contributed by atoms with E-state index in [9.17, 15) is 14.4 Å². The Labute approximate surface area is 129 Å². The molecule has 0 aliphatic carbocycles. The van der Waals surface area contributed by atoms with Gasteiger partial charge in [0.25, 0.3) is 5.56 Å². The zero-order chi connectivity index (χ0) is 16.1. The minimum atomic E-state index is -0.543. The van der Waals surface area contributed by atoms with Gasteiger partial charge in [0.2, 0.25) is 5.91 Å². The van der Waals surface area contributed by atoms with Crippen LogP contribution in [0.2, 0.25) is 0 Å². The molecular formula is C13H14N4O4S. The Bertz CT molecular complexity index is 752. The molecule has 0 unspecified atom stereocenters. The fraction of sp³-hybridized carbons (Fsp3) is 0.308. The van der Waals surface area contributed by atoms with Gasteiger partial charge in [-0.3, -0.25) is 14.2 Å². The maximum Gasteiger partial charge on any atom is 0.357 e. The lowest BCUT2D eigenvalue weighted by molar-refractivity contribution is -0.116. The topological polar surface area (TPSA) is 103 Å². The van der Waals surface area contributed by atoms with Crippen molar-refractivity contribution in [1.29, 1.82) is 0 Å². The largest absolute Gasteiger partial charge is 0.461 e. The van der Waals surface area contributed by atoms with E-state index < -0.39 is 11.9 Å². The van der Waals surface area contributed by atoms with Crippen LogP contribution < -0.4 is 10.9 Å². The van der Waals surface area contributed by atoms with Crippen molar-refractivity contribution in [2.75, 3.05) is 11.9 Å². The quantitative estimate of drug-likeness (QED) is 0.818. The van der Waals surface area contributed by atoms with Gasteiger partial charge in [-0.1, -0.05) is 0 Å². The number of hydrogen-bond acceptors (Lipinski definition) is 7. The van der Waals surface area contributed by atoms with Gasteiger partial charge in [0, 0.05) is 17.1 Å². The molecule has 0 bridgehead atoms. The fourth-order valence-electron chi connectivity index (χ4n) is 1.58. The Morgan fingerprint density at radius 2 is 2.23 bits per heavy atom. The Hall–Kier alpha value is -2.55. The monoisotopic (exact) mass is 322 g/mol. The normalized spacial score (nSPS) is 10.3. The molecule has 0 spiro atoms. The minimum Gasteiger partial charge on any atom is -0.461 e. The average molecular weight is 322 g/mol. The van der Waals surface area contributed by atoms with Gasteiger partial charge >= 0.3 is 5.97 Å². The first-order chi connectivity index (χ1) is 10.5. The second-order valence-electron chi connectivity index (χ2n) is 4.30. The highest BCUT2D eigenvalue weighted by molar-refractivity contribution is 7.14. The van der Waals surface area contributed by atoms with E-state index in [1.807, 2.05) is 0 Å². The molecule has 1 N–H and O–H groups in total. The molecule has 2 aromatic heterocycles. The maximum absolute atomic E-state index is 11.9. The second-order valence-corrected chi connectivity index (χ2v) is 5.16. The molecule has 0 aliphatic rings. The van der Waals surface area contributed by atoms with Gasteiger partial charge in [0.1, 0.15) is 6.54 Å². The Balaban J connectivity index is 2.00. The van der Waals surface area contributed by atoms with Crippen molar-refractivity contribution < 1.29 is 14.3 Å². The van der Waals surface area contributed by atoms with Crippen LogP contribution in [0.4, 0.5) is 5.13 Å². The Kier molecular flexibility index (Phi) is 4.99. The summed E-state index contributed by atoms with van der Waals surface area (Å²) >= 11 is 1.10. The molecule has 2 rings (SSSR count). The molecule has 2 heterocycles. The molecule has 0 saturated carbocycles. The number of thiazole rings is 1.